The van der Waals surface area contributed by atoms with E-state index in [1.165, 1.54) is 0 Å². The van der Waals surface area contributed by atoms with Gasteiger partial charge in [0.15, 0.2) is 0 Å². The van der Waals surface area contributed by atoms with Gasteiger partial charge in [-0.3, -0.25) is 29.4 Å². The minimum Gasteiger partial charge on any atom is -0.295 e. The normalized spacial score (nSPS) is 19.4. The first-order valence-corrected chi connectivity index (χ1v) is 8.77. The first-order chi connectivity index (χ1) is 13.0. The van der Waals surface area contributed by atoms with Crippen LogP contribution < -0.4 is 5.32 Å². The summed E-state index contributed by atoms with van der Waals surface area (Å²) in [6.07, 6.45) is 3.74. The van der Waals surface area contributed by atoms with Crippen LogP contribution in [0.25, 0.3) is 5.69 Å². The van der Waals surface area contributed by atoms with Crippen molar-refractivity contribution in [3.05, 3.63) is 41.2 Å². The molecule has 1 fully saturated rings. The molecule has 27 heavy (non-hydrogen) atoms. The zero-order valence-electron chi connectivity index (χ0n) is 14.6. The predicted molar refractivity (Wildman–Crippen MR) is 92.0 cm³/mol. The molecule has 138 valence electrons. The van der Waals surface area contributed by atoms with E-state index in [1.54, 1.807) is 29.1 Å². The number of fused-ring (bicyclic) bond motifs is 1. The molecule has 1 aromatic carbocycles. The zero-order chi connectivity index (χ0) is 19.1. The van der Waals surface area contributed by atoms with Crippen LogP contribution in [0.4, 0.5) is 0 Å². The summed E-state index contributed by atoms with van der Waals surface area (Å²) in [5.41, 5.74) is 1.90. The van der Waals surface area contributed by atoms with Crippen molar-refractivity contribution >= 4 is 23.6 Å². The zero-order valence-corrected chi connectivity index (χ0v) is 14.6. The van der Waals surface area contributed by atoms with Gasteiger partial charge in [-0.05, 0) is 31.0 Å². The van der Waals surface area contributed by atoms with Crippen molar-refractivity contribution < 1.29 is 19.2 Å². The number of nitrogens with one attached hydrogen (secondary N) is 1. The average Bonchev–Trinajstić information content (AvgIpc) is 3.20. The fourth-order valence-electron chi connectivity index (χ4n) is 3.40. The summed E-state index contributed by atoms with van der Waals surface area (Å²) < 4.78 is 1.55. The second-order valence-electron chi connectivity index (χ2n) is 6.58. The Kier molecular flexibility index (Phi) is 4.06. The highest BCUT2D eigenvalue weighted by atomic mass is 16.2. The number of benzene rings is 1. The molecule has 0 saturated carbocycles. The lowest BCUT2D eigenvalue weighted by molar-refractivity contribution is -0.136. The fourth-order valence-corrected chi connectivity index (χ4v) is 3.40. The van der Waals surface area contributed by atoms with Gasteiger partial charge in [-0.15, -0.1) is 5.10 Å². The Morgan fingerprint density at radius 3 is 2.67 bits per heavy atom. The molecule has 1 atom stereocenters. The van der Waals surface area contributed by atoms with Crippen molar-refractivity contribution in [2.45, 2.75) is 38.6 Å². The van der Waals surface area contributed by atoms with Gasteiger partial charge >= 0.3 is 0 Å². The predicted octanol–water partition coefficient (Wildman–Crippen LogP) is 0.621. The second-order valence-corrected chi connectivity index (χ2v) is 6.58. The summed E-state index contributed by atoms with van der Waals surface area (Å²) in [5, 5.41) is 10.3. The van der Waals surface area contributed by atoms with Crippen LogP contribution >= 0.6 is 0 Å². The van der Waals surface area contributed by atoms with Gasteiger partial charge < -0.3 is 0 Å². The fraction of sp³-hybridized carbons (Fsp3) is 0.333. The number of amides is 4. The van der Waals surface area contributed by atoms with Crippen LogP contribution in [0.5, 0.6) is 0 Å². The maximum Gasteiger partial charge on any atom is 0.262 e. The summed E-state index contributed by atoms with van der Waals surface area (Å²) >= 11 is 0. The maximum absolute atomic E-state index is 12.8. The number of hydrogen-bond donors (Lipinski definition) is 1. The van der Waals surface area contributed by atoms with Gasteiger partial charge in [0.1, 0.15) is 6.04 Å². The molecular weight excluding hydrogens is 350 g/mol. The molecule has 0 bridgehead atoms. The van der Waals surface area contributed by atoms with E-state index in [2.05, 4.69) is 15.6 Å². The molecule has 0 aliphatic carbocycles. The molecule has 1 aromatic heterocycles. The Labute approximate surface area is 154 Å². The van der Waals surface area contributed by atoms with Crippen LogP contribution in [-0.2, 0) is 16.0 Å². The molecule has 2 aliphatic heterocycles. The number of carbonyl (C=O) groups is 4. The highest BCUT2D eigenvalue weighted by Crippen LogP contribution is 2.29. The van der Waals surface area contributed by atoms with E-state index in [0.29, 0.717) is 5.69 Å². The molecule has 9 nitrogen and oxygen atoms in total. The number of imide groups is 2. The van der Waals surface area contributed by atoms with Crippen molar-refractivity contribution in [3.8, 4) is 5.69 Å². The lowest BCUT2D eigenvalue weighted by Gasteiger charge is -2.27. The smallest absolute Gasteiger partial charge is 0.262 e. The molecule has 2 aromatic rings. The molecule has 3 heterocycles. The molecule has 1 unspecified atom stereocenters. The molecule has 1 saturated heterocycles. The average molecular weight is 367 g/mol. The summed E-state index contributed by atoms with van der Waals surface area (Å²) in [6.45, 7) is 2.04. The van der Waals surface area contributed by atoms with Gasteiger partial charge in [0.25, 0.3) is 11.8 Å². The van der Waals surface area contributed by atoms with Crippen LogP contribution in [-0.4, -0.2) is 49.6 Å². The molecule has 0 spiro atoms. The highest BCUT2D eigenvalue weighted by Gasteiger charge is 2.44. The Hall–Kier alpha value is -3.36. The second kappa shape index (κ2) is 6.42. The Morgan fingerprint density at radius 2 is 1.93 bits per heavy atom. The molecule has 4 amide bonds. The van der Waals surface area contributed by atoms with Gasteiger partial charge in [0.05, 0.1) is 28.7 Å². The number of aromatic nitrogens is 3. The highest BCUT2D eigenvalue weighted by molar-refractivity contribution is 6.23. The van der Waals surface area contributed by atoms with Crippen LogP contribution in [0.3, 0.4) is 0 Å². The van der Waals surface area contributed by atoms with E-state index in [1.807, 2.05) is 6.92 Å². The number of rotatable bonds is 4. The van der Waals surface area contributed by atoms with E-state index in [9.17, 15) is 19.2 Å². The first-order valence-electron chi connectivity index (χ1n) is 8.77. The van der Waals surface area contributed by atoms with Crippen LogP contribution in [0.2, 0.25) is 0 Å². The number of hydrogen-bond acceptors (Lipinski definition) is 6. The monoisotopic (exact) mass is 367 g/mol. The Bertz CT molecular complexity index is 980. The summed E-state index contributed by atoms with van der Waals surface area (Å²) in [7, 11) is 0. The van der Waals surface area contributed by atoms with Crippen molar-refractivity contribution in [1.82, 2.24) is 25.2 Å². The molecule has 0 radical (unpaired) electrons. The number of carbonyl (C=O) groups excluding carboxylic acids is 4. The number of piperidine rings is 1. The minimum atomic E-state index is -0.971. The quantitative estimate of drug-likeness (QED) is 0.793. The Morgan fingerprint density at radius 1 is 1.15 bits per heavy atom. The number of nitrogens with zero attached hydrogens (tertiary/aromatic N) is 4. The topological polar surface area (TPSA) is 114 Å². The van der Waals surface area contributed by atoms with Crippen molar-refractivity contribution in [2.24, 2.45) is 0 Å². The van der Waals surface area contributed by atoms with Gasteiger partial charge in [-0.1, -0.05) is 18.6 Å². The summed E-state index contributed by atoms with van der Waals surface area (Å²) in [6, 6.07) is 3.84. The van der Waals surface area contributed by atoms with Gasteiger partial charge in [-0.2, -0.15) is 0 Å². The van der Waals surface area contributed by atoms with Crippen molar-refractivity contribution in [3.63, 3.8) is 0 Å². The minimum absolute atomic E-state index is 0.0915. The van der Waals surface area contributed by atoms with E-state index in [-0.39, 0.29) is 24.0 Å². The summed E-state index contributed by atoms with van der Waals surface area (Å²) in [5.74, 6) is -2.09. The SMILES string of the molecule is CCCc1cn(-c2ccc3c(c2)C(=O)N(C2CCC(=O)NC2=O)C3=O)nn1. The third kappa shape index (κ3) is 2.80. The van der Waals surface area contributed by atoms with Crippen LogP contribution in [0.1, 0.15) is 52.6 Å². The van der Waals surface area contributed by atoms with Gasteiger partial charge in [-0.25, -0.2) is 4.68 Å². The molecule has 2 aliphatic rings. The van der Waals surface area contributed by atoms with Crippen LogP contribution in [0.15, 0.2) is 24.4 Å². The third-order valence-corrected chi connectivity index (χ3v) is 4.73. The van der Waals surface area contributed by atoms with Crippen molar-refractivity contribution in [1.29, 1.82) is 0 Å². The standard InChI is InChI=1S/C18H17N5O4/c1-2-3-10-9-22(21-20-10)11-4-5-12-13(8-11)18(27)23(17(12)26)14-6-7-15(24)19-16(14)25/h4-5,8-9,14H,2-3,6-7H2,1H3,(H,19,24,25). The largest absolute Gasteiger partial charge is 0.295 e. The van der Waals surface area contributed by atoms with E-state index in [4.69, 9.17) is 0 Å². The number of aryl methyl sites for hydroxylation is 1. The lowest BCUT2D eigenvalue weighted by atomic mass is 10.0. The molecule has 9 heteroatoms. The molecule has 1 N–H and O–H groups in total. The van der Waals surface area contributed by atoms with Crippen LogP contribution in [0, 0.1) is 0 Å². The first kappa shape index (κ1) is 17.1. The van der Waals surface area contributed by atoms with Gasteiger partial charge in [0, 0.05) is 6.42 Å². The van der Waals surface area contributed by atoms with Crippen molar-refractivity contribution in [2.75, 3.05) is 0 Å². The van der Waals surface area contributed by atoms with Gasteiger partial charge in [0.2, 0.25) is 11.8 Å². The Balaban J connectivity index is 1.65. The molecule has 4 rings (SSSR count). The summed E-state index contributed by atoms with van der Waals surface area (Å²) in [4.78, 5) is 49.9. The maximum atomic E-state index is 12.8. The molecular formula is C18H17N5O4. The van der Waals surface area contributed by atoms with E-state index in [0.717, 1.165) is 23.4 Å². The third-order valence-electron chi connectivity index (χ3n) is 4.73. The van der Waals surface area contributed by atoms with E-state index >= 15 is 0 Å². The lowest BCUT2D eigenvalue weighted by Crippen LogP contribution is -2.54. The van der Waals surface area contributed by atoms with E-state index < -0.39 is 29.7 Å².